The van der Waals surface area contributed by atoms with Crippen LogP contribution >= 0.6 is 11.8 Å². The predicted molar refractivity (Wildman–Crippen MR) is 109 cm³/mol. The van der Waals surface area contributed by atoms with E-state index < -0.39 is 0 Å². The molecule has 28 heavy (non-hydrogen) atoms. The number of carbonyl (C=O) groups excluding carboxylic acids is 1. The highest BCUT2D eigenvalue weighted by atomic mass is 32.2. The summed E-state index contributed by atoms with van der Waals surface area (Å²) in [5.41, 5.74) is 1.61. The molecule has 1 aromatic heterocycles. The second-order valence-corrected chi connectivity index (χ2v) is 6.91. The third-order valence-corrected chi connectivity index (χ3v) is 4.89. The largest absolute Gasteiger partial charge is 0.497 e. The Hall–Kier alpha value is -2.84. The normalized spacial score (nSPS) is 10.6. The number of anilines is 1. The van der Waals surface area contributed by atoms with Gasteiger partial charge in [-0.2, -0.15) is 0 Å². The minimum atomic E-state index is -0.141. The number of aromatic nitrogens is 3. The van der Waals surface area contributed by atoms with Crippen LogP contribution in [-0.2, 0) is 11.2 Å². The van der Waals surface area contributed by atoms with E-state index in [1.807, 2.05) is 53.1 Å². The summed E-state index contributed by atoms with van der Waals surface area (Å²) in [7, 11) is 1.58. The lowest BCUT2D eigenvalue weighted by molar-refractivity contribution is -0.113. The molecule has 2 aromatic carbocycles. The molecule has 1 heterocycles. The fourth-order valence-electron chi connectivity index (χ4n) is 2.66. The Morgan fingerprint density at radius 3 is 2.75 bits per heavy atom. The quantitative estimate of drug-likeness (QED) is 0.539. The van der Waals surface area contributed by atoms with Crippen LogP contribution in [0.1, 0.15) is 12.2 Å². The number of aliphatic hydroxyl groups is 1. The number of benzene rings is 2. The van der Waals surface area contributed by atoms with Crippen molar-refractivity contribution in [2.45, 2.75) is 18.0 Å². The minimum Gasteiger partial charge on any atom is -0.497 e. The van der Waals surface area contributed by atoms with Crippen molar-refractivity contribution in [3.05, 3.63) is 60.4 Å². The molecular formula is C20H22N4O3S. The van der Waals surface area contributed by atoms with Gasteiger partial charge in [0.25, 0.3) is 0 Å². The number of amides is 1. The zero-order valence-electron chi connectivity index (χ0n) is 15.5. The first-order valence-electron chi connectivity index (χ1n) is 8.88. The summed E-state index contributed by atoms with van der Waals surface area (Å²) in [4.78, 5) is 12.3. The molecule has 0 saturated heterocycles. The van der Waals surface area contributed by atoms with Gasteiger partial charge in [0, 0.05) is 30.5 Å². The topological polar surface area (TPSA) is 89.3 Å². The summed E-state index contributed by atoms with van der Waals surface area (Å²) in [6, 6.07) is 17.0. The molecule has 0 aliphatic carbocycles. The van der Waals surface area contributed by atoms with Gasteiger partial charge in [0.15, 0.2) is 5.16 Å². The summed E-state index contributed by atoms with van der Waals surface area (Å²) < 4.78 is 7.10. The van der Waals surface area contributed by atoms with E-state index >= 15 is 0 Å². The van der Waals surface area contributed by atoms with Crippen molar-refractivity contribution in [1.29, 1.82) is 0 Å². The molecule has 0 aliphatic rings. The van der Waals surface area contributed by atoms with E-state index in [-0.39, 0.29) is 18.3 Å². The number of aliphatic hydroxyl groups excluding tert-OH is 1. The van der Waals surface area contributed by atoms with Crippen LogP contribution < -0.4 is 10.1 Å². The summed E-state index contributed by atoms with van der Waals surface area (Å²) in [5.74, 6) is 1.50. The average Bonchev–Trinajstić information content (AvgIpc) is 3.14. The Labute approximate surface area is 167 Å². The van der Waals surface area contributed by atoms with Crippen LogP contribution in [0.25, 0.3) is 5.69 Å². The number of nitrogens with one attached hydrogen (secondary N) is 1. The average molecular weight is 398 g/mol. The van der Waals surface area contributed by atoms with Gasteiger partial charge in [0.05, 0.1) is 12.9 Å². The van der Waals surface area contributed by atoms with Crippen LogP contribution in [0.2, 0.25) is 0 Å². The van der Waals surface area contributed by atoms with Crippen LogP contribution in [-0.4, -0.2) is 45.2 Å². The SMILES string of the molecule is COc1cccc(NC(=O)CSc2nnc(CCCO)n2-c2ccccc2)c1. The first kappa shape index (κ1) is 19.9. The van der Waals surface area contributed by atoms with Crippen molar-refractivity contribution in [1.82, 2.24) is 14.8 Å². The van der Waals surface area contributed by atoms with Crippen LogP contribution in [0.3, 0.4) is 0 Å². The van der Waals surface area contributed by atoms with E-state index in [4.69, 9.17) is 9.84 Å². The zero-order valence-corrected chi connectivity index (χ0v) is 16.4. The molecule has 0 spiro atoms. The first-order chi connectivity index (χ1) is 13.7. The van der Waals surface area contributed by atoms with Crippen LogP contribution in [0.15, 0.2) is 59.8 Å². The molecule has 2 N–H and O–H groups in total. The third-order valence-electron chi connectivity index (χ3n) is 3.96. The molecule has 0 atom stereocenters. The number of nitrogens with zero attached hydrogens (tertiary/aromatic N) is 3. The smallest absolute Gasteiger partial charge is 0.234 e. The molecule has 8 heteroatoms. The van der Waals surface area contributed by atoms with Crippen molar-refractivity contribution in [2.24, 2.45) is 0 Å². The highest BCUT2D eigenvalue weighted by Gasteiger charge is 2.15. The van der Waals surface area contributed by atoms with Gasteiger partial charge >= 0.3 is 0 Å². The number of hydrogen-bond donors (Lipinski definition) is 2. The molecule has 0 unspecified atom stereocenters. The first-order valence-corrected chi connectivity index (χ1v) is 9.87. The molecule has 3 aromatic rings. The van der Waals surface area contributed by atoms with Gasteiger partial charge in [-0.3, -0.25) is 9.36 Å². The second kappa shape index (κ2) is 9.91. The lowest BCUT2D eigenvalue weighted by Gasteiger charge is -2.10. The molecular weight excluding hydrogens is 376 g/mol. The van der Waals surface area contributed by atoms with Crippen molar-refractivity contribution < 1.29 is 14.6 Å². The number of para-hydroxylation sites is 1. The molecule has 0 aliphatic heterocycles. The Bertz CT molecular complexity index is 915. The van der Waals surface area contributed by atoms with Gasteiger partial charge in [0.2, 0.25) is 5.91 Å². The maximum absolute atomic E-state index is 12.3. The van der Waals surface area contributed by atoms with E-state index in [1.54, 1.807) is 13.2 Å². The van der Waals surface area contributed by atoms with Gasteiger partial charge < -0.3 is 15.2 Å². The third kappa shape index (κ3) is 5.11. The second-order valence-electron chi connectivity index (χ2n) is 5.97. The monoisotopic (exact) mass is 398 g/mol. The Balaban J connectivity index is 1.71. The molecule has 0 radical (unpaired) electrons. The Kier molecular flexibility index (Phi) is 7.05. The summed E-state index contributed by atoms with van der Waals surface area (Å²) in [5, 5.41) is 21.1. The molecule has 0 bridgehead atoms. The zero-order chi connectivity index (χ0) is 19.8. The van der Waals surface area contributed by atoms with Gasteiger partial charge in [-0.15, -0.1) is 10.2 Å². The number of ether oxygens (including phenoxy) is 1. The minimum absolute atomic E-state index is 0.0903. The number of hydrogen-bond acceptors (Lipinski definition) is 6. The van der Waals surface area contributed by atoms with Crippen LogP contribution in [0, 0.1) is 0 Å². The van der Waals surface area contributed by atoms with Gasteiger partial charge in [0.1, 0.15) is 11.6 Å². The maximum Gasteiger partial charge on any atom is 0.234 e. The number of thioether (sulfide) groups is 1. The van der Waals surface area contributed by atoms with E-state index in [0.717, 1.165) is 11.5 Å². The van der Waals surface area contributed by atoms with Gasteiger partial charge in [-0.1, -0.05) is 36.0 Å². The molecule has 7 nitrogen and oxygen atoms in total. The van der Waals surface area contributed by atoms with Crippen molar-refractivity contribution >= 4 is 23.4 Å². The number of methoxy groups -OCH3 is 1. The highest BCUT2D eigenvalue weighted by Crippen LogP contribution is 2.23. The van der Waals surface area contributed by atoms with Crippen molar-refractivity contribution in [3.8, 4) is 11.4 Å². The Morgan fingerprint density at radius 1 is 1.18 bits per heavy atom. The number of rotatable bonds is 9. The van der Waals surface area contributed by atoms with Gasteiger partial charge in [-0.05, 0) is 30.7 Å². The maximum atomic E-state index is 12.3. The fourth-order valence-corrected chi connectivity index (χ4v) is 3.43. The van der Waals surface area contributed by atoms with E-state index in [1.165, 1.54) is 11.8 Å². The van der Waals surface area contributed by atoms with Crippen LogP contribution in [0.4, 0.5) is 5.69 Å². The van der Waals surface area contributed by atoms with Crippen molar-refractivity contribution in [3.63, 3.8) is 0 Å². The van der Waals surface area contributed by atoms with E-state index in [2.05, 4.69) is 15.5 Å². The summed E-state index contributed by atoms with van der Waals surface area (Å²) >= 11 is 1.32. The standard InChI is InChI=1S/C20H22N4O3S/c1-27-17-10-5-7-15(13-17)21-19(26)14-28-20-23-22-18(11-6-12-25)24(20)16-8-3-2-4-9-16/h2-5,7-10,13,25H,6,11-12,14H2,1H3,(H,21,26). The lowest BCUT2D eigenvalue weighted by atomic mass is 10.3. The van der Waals surface area contributed by atoms with Crippen LogP contribution in [0.5, 0.6) is 5.75 Å². The van der Waals surface area contributed by atoms with Crippen molar-refractivity contribution in [2.75, 3.05) is 24.8 Å². The molecule has 3 rings (SSSR count). The molecule has 0 saturated carbocycles. The van der Waals surface area contributed by atoms with Gasteiger partial charge in [-0.25, -0.2) is 0 Å². The molecule has 0 fully saturated rings. The number of aryl methyl sites for hydroxylation is 1. The highest BCUT2D eigenvalue weighted by molar-refractivity contribution is 7.99. The summed E-state index contributed by atoms with van der Waals surface area (Å²) in [6.45, 7) is 0.0903. The van der Waals surface area contributed by atoms with E-state index in [9.17, 15) is 4.79 Å². The van der Waals surface area contributed by atoms with E-state index in [0.29, 0.717) is 29.4 Å². The molecule has 146 valence electrons. The Morgan fingerprint density at radius 2 is 2.00 bits per heavy atom. The number of carbonyl (C=O) groups is 1. The lowest BCUT2D eigenvalue weighted by Crippen LogP contribution is -2.14. The predicted octanol–water partition coefficient (Wildman–Crippen LogP) is 2.93. The molecule has 1 amide bonds. The fraction of sp³-hybridized carbons (Fsp3) is 0.250. The summed E-state index contributed by atoms with van der Waals surface area (Å²) in [6.07, 6.45) is 1.21.